The molecule has 1 saturated heterocycles. The lowest BCUT2D eigenvalue weighted by Gasteiger charge is -2.35. The number of piperazine rings is 1. The van der Waals surface area contributed by atoms with Gasteiger partial charge >= 0.3 is 5.97 Å². The zero-order valence-corrected chi connectivity index (χ0v) is 12.8. The third-order valence-corrected chi connectivity index (χ3v) is 3.68. The van der Waals surface area contributed by atoms with Gasteiger partial charge in [-0.25, -0.2) is 4.79 Å². The van der Waals surface area contributed by atoms with Gasteiger partial charge in [0.05, 0.1) is 11.3 Å². The maximum atomic E-state index is 12.3. The van der Waals surface area contributed by atoms with Gasteiger partial charge in [-0.05, 0) is 25.2 Å². The zero-order valence-electron chi connectivity index (χ0n) is 12.8. The molecule has 0 amide bonds. The fraction of sp³-hybridized carbons (Fsp3) is 0.438. The SMILES string of the molecule is C=CCOC(=O)c1cc(NC)ccc1N1CCN(C)CC1. The first-order chi connectivity index (χ1) is 10.2. The number of anilines is 2. The van der Waals surface area contributed by atoms with Gasteiger partial charge in [0.25, 0.3) is 0 Å². The van der Waals surface area contributed by atoms with Crippen molar-refractivity contribution < 1.29 is 9.53 Å². The summed E-state index contributed by atoms with van der Waals surface area (Å²) in [5.41, 5.74) is 2.45. The minimum Gasteiger partial charge on any atom is -0.458 e. The molecule has 1 aromatic carbocycles. The van der Waals surface area contributed by atoms with E-state index >= 15 is 0 Å². The fourth-order valence-corrected chi connectivity index (χ4v) is 2.39. The van der Waals surface area contributed by atoms with E-state index in [2.05, 4.69) is 28.7 Å². The molecule has 1 heterocycles. The molecule has 0 aromatic heterocycles. The molecule has 0 unspecified atom stereocenters. The van der Waals surface area contributed by atoms with Crippen molar-refractivity contribution in [3.05, 3.63) is 36.4 Å². The van der Waals surface area contributed by atoms with E-state index in [0.717, 1.165) is 37.6 Å². The minimum absolute atomic E-state index is 0.227. The van der Waals surface area contributed by atoms with Gasteiger partial charge < -0.3 is 19.9 Å². The van der Waals surface area contributed by atoms with Gasteiger partial charge in [-0.15, -0.1) is 0 Å². The van der Waals surface area contributed by atoms with Crippen molar-refractivity contribution in [1.29, 1.82) is 0 Å². The summed E-state index contributed by atoms with van der Waals surface area (Å²) in [5.74, 6) is -0.305. The van der Waals surface area contributed by atoms with E-state index in [1.807, 2.05) is 25.2 Å². The summed E-state index contributed by atoms with van der Waals surface area (Å²) < 4.78 is 5.21. The van der Waals surface area contributed by atoms with E-state index < -0.39 is 0 Å². The molecule has 0 saturated carbocycles. The molecular formula is C16H23N3O2. The molecule has 1 aliphatic heterocycles. The van der Waals surface area contributed by atoms with Crippen LogP contribution in [0.5, 0.6) is 0 Å². The van der Waals surface area contributed by atoms with E-state index in [9.17, 15) is 4.79 Å². The molecule has 0 atom stereocenters. The molecule has 5 heteroatoms. The van der Waals surface area contributed by atoms with Crippen LogP contribution in [0.3, 0.4) is 0 Å². The maximum absolute atomic E-state index is 12.3. The molecule has 0 aliphatic carbocycles. The Morgan fingerprint density at radius 3 is 2.71 bits per heavy atom. The molecule has 0 radical (unpaired) electrons. The molecule has 0 spiro atoms. The van der Waals surface area contributed by atoms with E-state index in [1.165, 1.54) is 0 Å². The van der Waals surface area contributed by atoms with Gasteiger partial charge in [-0.2, -0.15) is 0 Å². The number of esters is 1. The van der Waals surface area contributed by atoms with Crippen LogP contribution >= 0.6 is 0 Å². The number of ether oxygens (including phenoxy) is 1. The van der Waals surface area contributed by atoms with Gasteiger partial charge in [0.2, 0.25) is 0 Å². The number of nitrogens with zero attached hydrogens (tertiary/aromatic N) is 2. The van der Waals surface area contributed by atoms with Crippen LogP contribution in [0.2, 0.25) is 0 Å². The van der Waals surface area contributed by atoms with Crippen LogP contribution in [0.25, 0.3) is 0 Å². The Morgan fingerprint density at radius 1 is 1.38 bits per heavy atom. The summed E-state index contributed by atoms with van der Waals surface area (Å²) >= 11 is 0. The smallest absolute Gasteiger partial charge is 0.340 e. The van der Waals surface area contributed by atoms with Crippen molar-refractivity contribution in [2.24, 2.45) is 0 Å². The summed E-state index contributed by atoms with van der Waals surface area (Å²) in [6.45, 7) is 7.62. The summed E-state index contributed by atoms with van der Waals surface area (Å²) in [7, 11) is 3.95. The van der Waals surface area contributed by atoms with Crippen molar-refractivity contribution in [2.75, 3.05) is 57.1 Å². The normalized spacial score (nSPS) is 15.6. The standard InChI is InChI=1S/C16H23N3O2/c1-4-11-21-16(20)14-12-13(17-2)5-6-15(14)19-9-7-18(3)8-10-19/h4-6,12,17H,1,7-11H2,2-3H3. The lowest BCUT2D eigenvalue weighted by atomic mass is 10.1. The number of carbonyl (C=O) groups is 1. The average molecular weight is 289 g/mol. The van der Waals surface area contributed by atoms with Crippen molar-refractivity contribution in [3.63, 3.8) is 0 Å². The quantitative estimate of drug-likeness (QED) is 0.662. The van der Waals surface area contributed by atoms with Gasteiger partial charge in [-0.3, -0.25) is 0 Å². The molecule has 2 rings (SSSR count). The third kappa shape index (κ3) is 3.76. The zero-order chi connectivity index (χ0) is 15.2. The average Bonchev–Trinajstić information content (AvgIpc) is 2.52. The number of nitrogens with one attached hydrogen (secondary N) is 1. The van der Waals surface area contributed by atoms with Crippen LogP contribution in [-0.4, -0.2) is 57.8 Å². The van der Waals surface area contributed by atoms with Crippen molar-refractivity contribution >= 4 is 17.3 Å². The van der Waals surface area contributed by atoms with Crippen molar-refractivity contribution in [2.45, 2.75) is 0 Å². The first kappa shape index (κ1) is 15.4. The third-order valence-electron chi connectivity index (χ3n) is 3.68. The predicted molar refractivity (Wildman–Crippen MR) is 86.2 cm³/mol. The van der Waals surface area contributed by atoms with Gasteiger partial charge in [0.1, 0.15) is 6.61 Å². The number of carbonyl (C=O) groups excluding carboxylic acids is 1. The molecule has 5 nitrogen and oxygen atoms in total. The van der Waals surface area contributed by atoms with Crippen LogP contribution in [0, 0.1) is 0 Å². The highest BCUT2D eigenvalue weighted by molar-refractivity contribution is 5.97. The first-order valence-electron chi connectivity index (χ1n) is 7.19. The Kier molecular flexibility index (Phi) is 5.22. The van der Waals surface area contributed by atoms with Gasteiger partial charge in [-0.1, -0.05) is 12.7 Å². The second-order valence-electron chi connectivity index (χ2n) is 5.16. The van der Waals surface area contributed by atoms with E-state index in [1.54, 1.807) is 6.08 Å². The molecule has 1 aliphatic rings. The van der Waals surface area contributed by atoms with Crippen LogP contribution in [-0.2, 0) is 4.74 Å². The second-order valence-corrected chi connectivity index (χ2v) is 5.16. The van der Waals surface area contributed by atoms with Gasteiger partial charge in [0.15, 0.2) is 0 Å². The Balaban J connectivity index is 2.26. The monoisotopic (exact) mass is 289 g/mol. The summed E-state index contributed by atoms with van der Waals surface area (Å²) in [4.78, 5) is 16.8. The highest BCUT2D eigenvalue weighted by Gasteiger charge is 2.21. The molecule has 114 valence electrons. The molecule has 1 N–H and O–H groups in total. The Morgan fingerprint density at radius 2 is 2.10 bits per heavy atom. The Bertz CT molecular complexity index is 508. The highest BCUT2D eigenvalue weighted by Crippen LogP contribution is 2.26. The minimum atomic E-state index is -0.305. The van der Waals surface area contributed by atoms with Crippen molar-refractivity contribution in [3.8, 4) is 0 Å². The van der Waals surface area contributed by atoms with E-state index in [4.69, 9.17) is 4.74 Å². The summed E-state index contributed by atoms with van der Waals surface area (Å²) in [5, 5.41) is 3.06. The Labute approximate surface area is 126 Å². The van der Waals surface area contributed by atoms with Crippen LogP contribution < -0.4 is 10.2 Å². The van der Waals surface area contributed by atoms with Crippen molar-refractivity contribution in [1.82, 2.24) is 4.90 Å². The number of hydrogen-bond acceptors (Lipinski definition) is 5. The highest BCUT2D eigenvalue weighted by atomic mass is 16.5. The fourth-order valence-electron chi connectivity index (χ4n) is 2.39. The molecule has 0 bridgehead atoms. The summed E-state index contributed by atoms with van der Waals surface area (Å²) in [6, 6.07) is 5.82. The molecule has 1 fully saturated rings. The van der Waals surface area contributed by atoms with Crippen LogP contribution in [0.1, 0.15) is 10.4 Å². The van der Waals surface area contributed by atoms with Crippen LogP contribution in [0.4, 0.5) is 11.4 Å². The molecule has 1 aromatic rings. The largest absolute Gasteiger partial charge is 0.458 e. The number of rotatable bonds is 5. The molecule has 21 heavy (non-hydrogen) atoms. The van der Waals surface area contributed by atoms with E-state index in [0.29, 0.717) is 5.56 Å². The van der Waals surface area contributed by atoms with E-state index in [-0.39, 0.29) is 12.6 Å². The molecular weight excluding hydrogens is 266 g/mol. The first-order valence-corrected chi connectivity index (χ1v) is 7.19. The Hall–Kier alpha value is -2.01. The lowest BCUT2D eigenvalue weighted by molar-refractivity contribution is 0.0550. The number of likely N-dealkylation sites (N-methyl/N-ethyl adjacent to an activating group) is 1. The number of benzene rings is 1. The van der Waals surface area contributed by atoms with Gasteiger partial charge in [0, 0.05) is 38.9 Å². The summed E-state index contributed by atoms with van der Waals surface area (Å²) in [6.07, 6.45) is 1.58. The maximum Gasteiger partial charge on any atom is 0.340 e. The second kappa shape index (κ2) is 7.13. The lowest BCUT2D eigenvalue weighted by Crippen LogP contribution is -2.45. The van der Waals surface area contributed by atoms with Crippen LogP contribution in [0.15, 0.2) is 30.9 Å². The topological polar surface area (TPSA) is 44.8 Å². The number of hydrogen-bond donors (Lipinski definition) is 1. The predicted octanol–water partition coefficient (Wildman–Crippen LogP) is 1.82.